The monoisotopic (exact) mass is 434 g/mol. The van der Waals surface area contributed by atoms with E-state index in [1.165, 1.54) is 18.2 Å². The SMILES string of the molecule is O=C(Nc1cccc(-c2nc(C(=O)O)c(O)c(=O)[nH]2)c1)Nc1ccc(Cl)c(Cl)c1. The molecule has 0 atom stereocenters. The number of aromatic hydroxyl groups is 1. The molecule has 9 nitrogen and oxygen atoms in total. The van der Waals surface area contributed by atoms with Gasteiger partial charge in [0, 0.05) is 16.9 Å². The molecule has 3 rings (SSSR count). The predicted octanol–water partition coefficient (Wildman–Crippen LogP) is 3.79. The number of hydrogen-bond donors (Lipinski definition) is 5. The lowest BCUT2D eigenvalue weighted by molar-refractivity contribution is 0.0686. The van der Waals surface area contributed by atoms with E-state index in [1.54, 1.807) is 24.3 Å². The largest absolute Gasteiger partial charge is 0.501 e. The Balaban J connectivity index is 1.83. The Morgan fingerprint density at radius 2 is 1.69 bits per heavy atom. The second-order valence-electron chi connectivity index (χ2n) is 5.71. The second-order valence-corrected chi connectivity index (χ2v) is 6.52. The number of rotatable bonds is 4. The molecule has 0 saturated heterocycles. The third-order valence-corrected chi connectivity index (χ3v) is 4.41. The molecule has 1 heterocycles. The molecule has 0 spiro atoms. The van der Waals surface area contributed by atoms with Gasteiger partial charge < -0.3 is 25.8 Å². The number of nitrogens with zero attached hydrogens (tertiary/aromatic N) is 1. The molecule has 3 aromatic rings. The van der Waals surface area contributed by atoms with Gasteiger partial charge in [0.1, 0.15) is 5.82 Å². The molecule has 0 saturated carbocycles. The van der Waals surface area contributed by atoms with Gasteiger partial charge in [0.05, 0.1) is 10.0 Å². The summed E-state index contributed by atoms with van der Waals surface area (Å²) in [5, 5.41) is 24.4. The lowest BCUT2D eigenvalue weighted by Gasteiger charge is -2.10. The molecule has 0 radical (unpaired) electrons. The van der Waals surface area contributed by atoms with Crippen molar-refractivity contribution in [2.45, 2.75) is 0 Å². The van der Waals surface area contributed by atoms with Crippen LogP contribution in [-0.4, -0.2) is 32.2 Å². The molecule has 2 aromatic carbocycles. The quantitative estimate of drug-likeness (QED) is 0.422. The first-order valence-electron chi connectivity index (χ1n) is 7.94. The van der Waals surface area contributed by atoms with Gasteiger partial charge in [-0.25, -0.2) is 14.6 Å². The highest BCUT2D eigenvalue weighted by Crippen LogP contribution is 2.25. The van der Waals surface area contributed by atoms with Crippen LogP contribution in [0.15, 0.2) is 47.3 Å². The molecule has 2 amide bonds. The van der Waals surface area contributed by atoms with Crippen LogP contribution in [0.2, 0.25) is 10.0 Å². The van der Waals surface area contributed by atoms with Crippen molar-refractivity contribution in [2.75, 3.05) is 10.6 Å². The normalized spacial score (nSPS) is 10.4. The molecule has 0 fully saturated rings. The Bertz CT molecular complexity index is 1180. The molecule has 1 aromatic heterocycles. The van der Waals surface area contributed by atoms with Gasteiger partial charge >= 0.3 is 12.0 Å². The number of carboxylic acids is 1. The first-order valence-corrected chi connectivity index (χ1v) is 8.70. The first kappa shape index (κ1) is 20.2. The maximum atomic E-state index is 12.2. The zero-order chi connectivity index (χ0) is 21.1. The minimum absolute atomic E-state index is 0.0845. The van der Waals surface area contributed by atoms with E-state index >= 15 is 0 Å². The zero-order valence-corrected chi connectivity index (χ0v) is 15.9. The summed E-state index contributed by atoms with van der Waals surface area (Å²) in [6.45, 7) is 0. The van der Waals surface area contributed by atoms with Crippen molar-refractivity contribution in [3.63, 3.8) is 0 Å². The minimum Gasteiger partial charge on any atom is -0.501 e. The molecule has 11 heteroatoms. The molecule has 0 bridgehead atoms. The number of H-pyrrole nitrogens is 1. The number of carboxylic acid groups (broad SMARTS) is 1. The smallest absolute Gasteiger partial charge is 0.358 e. The van der Waals surface area contributed by atoms with Crippen LogP contribution < -0.4 is 16.2 Å². The van der Waals surface area contributed by atoms with E-state index in [0.717, 1.165) is 0 Å². The van der Waals surface area contributed by atoms with E-state index in [0.29, 0.717) is 22.0 Å². The number of hydrogen-bond acceptors (Lipinski definition) is 5. The van der Waals surface area contributed by atoms with Gasteiger partial charge in [-0.15, -0.1) is 0 Å². The van der Waals surface area contributed by atoms with Crippen LogP contribution >= 0.6 is 23.2 Å². The van der Waals surface area contributed by atoms with Crippen LogP contribution in [0, 0.1) is 0 Å². The number of aromatic carboxylic acids is 1. The Kier molecular flexibility index (Phi) is 5.71. The lowest BCUT2D eigenvalue weighted by atomic mass is 10.2. The average molecular weight is 435 g/mol. The molecule has 0 aliphatic heterocycles. The molecule has 0 unspecified atom stereocenters. The van der Waals surface area contributed by atoms with Crippen LogP contribution in [0.3, 0.4) is 0 Å². The molecular weight excluding hydrogens is 423 g/mol. The van der Waals surface area contributed by atoms with Crippen molar-refractivity contribution in [1.29, 1.82) is 0 Å². The van der Waals surface area contributed by atoms with Gasteiger partial charge in [0.15, 0.2) is 5.69 Å². The van der Waals surface area contributed by atoms with Crippen molar-refractivity contribution in [3.05, 3.63) is 68.6 Å². The molecule has 29 heavy (non-hydrogen) atoms. The summed E-state index contributed by atoms with van der Waals surface area (Å²) in [7, 11) is 0. The zero-order valence-electron chi connectivity index (χ0n) is 14.4. The number of carbonyl (C=O) groups excluding carboxylic acids is 1. The highest BCUT2D eigenvalue weighted by molar-refractivity contribution is 6.42. The van der Waals surface area contributed by atoms with Crippen LogP contribution in [0.25, 0.3) is 11.4 Å². The Labute approximate surface area is 172 Å². The molecule has 0 aliphatic rings. The summed E-state index contributed by atoms with van der Waals surface area (Å²) >= 11 is 11.7. The number of halogens is 2. The lowest BCUT2D eigenvalue weighted by Crippen LogP contribution is -2.19. The van der Waals surface area contributed by atoms with Crippen LogP contribution in [0.4, 0.5) is 16.2 Å². The number of aromatic nitrogens is 2. The van der Waals surface area contributed by atoms with E-state index < -0.39 is 29.0 Å². The summed E-state index contributed by atoms with van der Waals surface area (Å²) in [6, 6.07) is 10.2. The number of carbonyl (C=O) groups is 2. The molecule has 5 N–H and O–H groups in total. The number of amides is 2. The Morgan fingerprint density at radius 3 is 2.34 bits per heavy atom. The standard InChI is InChI=1S/C18H12Cl2N4O5/c19-11-5-4-10(7-12(11)20)22-18(29)21-9-3-1-2-8(6-9)15-23-13(17(27)28)14(25)16(26)24-15/h1-7,25H,(H,27,28)(H2,21,22,29)(H,23,24,26). The molecule has 148 valence electrons. The van der Waals surface area contributed by atoms with Crippen LogP contribution in [-0.2, 0) is 0 Å². The number of aromatic amines is 1. The Morgan fingerprint density at radius 1 is 1.00 bits per heavy atom. The van der Waals surface area contributed by atoms with E-state index in [2.05, 4.69) is 20.6 Å². The van der Waals surface area contributed by atoms with Crippen LogP contribution in [0.1, 0.15) is 10.5 Å². The Hall–Kier alpha value is -3.56. The van der Waals surface area contributed by atoms with Gasteiger partial charge in [0.25, 0.3) is 5.56 Å². The highest BCUT2D eigenvalue weighted by atomic mass is 35.5. The fourth-order valence-corrected chi connectivity index (χ4v) is 2.66. The van der Waals surface area contributed by atoms with Gasteiger partial charge in [0.2, 0.25) is 5.75 Å². The fourth-order valence-electron chi connectivity index (χ4n) is 2.36. The summed E-state index contributed by atoms with van der Waals surface area (Å²) < 4.78 is 0. The number of urea groups is 1. The van der Waals surface area contributed by atoms with Gasteiger partial charge in [-0.2, -0.15) is 0 Å². The van der Waals surface area contributed by atoms with Crippen molar-refractivity contribution in [2.24, 2.45) is 0 Å². The average Bonchev–Trinajstić information content (AvgIpc) is 2.66. The van der Waals surface area contributed by atoms with Crippen molar-refractivity contribution in [1.82, 2.24) is 9.97 Å². The van der Waals surface area contributed by atoms with E-state index in [-0.39, 0.29) is 10.8 Å². The maximum Gasteiger partial charge on any atom is 0.358 e. The first-order chi connectivity index (χ1) is 13.7. The predicted molar refractivity (Wildman–Crippen MR) is 108 cm³/mol. The highest BCUT2D eigenvalue weighted by Gasteiger charge is 2.17. The van der Waals surface area contributed by atoms with E-state index in [1.807, 2.05) is 0 Å². The summed E-state index contributed by atoms with van der Waals surface area (Å²) in [6.07, 6.45) is 0. The van der Waals surface area contributed by atoms with Gasteiger partial charge in [-0.05, 0) is 30.3 Å². The molecular formula is C18H12Cl2N4O5. The summed E-state index contributed by atoms with van der Waals surface area (Å²) in [5.41, 5.74) is -0.698. The van der Waals surface area contributed by atoms with Gasteiger partial charge in [-0.3, -0.25) is 4.79 Å². The van der Waals surface area contributed by atoms with Crippen LogP contribution in [0.5, 0.6) is 5.75 Å². The third kappa shape index (κ3) is 4.65. The van der Waals surface area contributed by atoms with Crippen molar-refractivity contribution < 1.29 is 19.8 Å². The fraction of sp³-hybridized carbons (Fsp3) is 0. The van der Waals surface area contributed by atoms with Gasteiger partial charge in [-0.1, -0.05) is 35.3 Å². The number of benzene rings is 2. The van der Waals surface area contributed by atoms with Crippen molar-refractivity contribution >= 4 is 46.6 Å². The van der Waals surface area contributed by atoms with Crippen molar-refractivity contribution in [3.8, 4) is 17.1 Å². The second kappa shape index (κ2) is 8.21. The topological polar surface area (TPSA) is 144 Å². The summed E-state index contributed by atoms with van der Waals surface area (Å²) in [5.74, 6) is -2.62. The summed E-state index contributed by atoms with van der Waals surface area (Å²) in [4.78, 5) is 41.1. The number of anilines is 2. The van der Waals surface area contributed by atoms with E-state index in [4.69, 9.17) is 28.3 Å². The maximum absolute atomic E-state index is 12.2. The third-order valence-electron chi connectivity index (χ3n) is 3.67. The number of nitrogens with one attached hydrogen (secondary N) is 3. The van der Waals surface area contributed by atoms with E-state index in [9.17, 15) is 19.5 Å². The molecule has 0 aliphatic carbocycles. The minimum atomic E-state index is -1.55.